The molecule has 0 amide bonds. The van der Waals surface area contributed by atoms with Gasteiger partial charge in [-0.1, -0.05) is 24.3 Å². The third kappa shape index (κ3) is 3.15. The lowest BCUT2D eigenvalue weighted by Gasteiger charge is -2.36. The number of hydrogen-bond acceptors (Lipinski definition) is 4. The molecule has 0 saturated carbocycles. The maximum absolute atomic E-state index is 7.15. The molecule has 3 heterocycles. The fourth-order valence-corrected chi connectivity index (χ4v) is 3.87. The van der Waals surface area contributed by atoms with Crippen LogP contribution in [-0.2, 0) is 0 Å². The monoisotopic (exact) mass is 360 g/mol. The lowest BCUT2D eigenvalue weighted by molar-refractivity contribution is 0.249. The molecule has 1 fully saturated rings. The van der Waals surface area contributed by atoms with Crippen molar-refractivity contribution in [3.8, 4) is 11.3 Å². The fraction of sp³-hybridized carbons (Fsp3) is 0.381. The van der Waals surface area contributed by atoms with E-state index in [0.717, 1.165) is 54.3 Å². The van der Waals surface area contributed by atoms with Crippen LogP contribution in [0.25, 0.3) is 21.7 Å². The van der Waals surface area contributed by atoms with E-state index in [9.17, 15) is 0 Å². The van der Waals surface area contributed by atoms with Gasteiger partial charge >= 0.3 is 0 Å². The molecule has 6 nitrogen and oxygen atoms in total. The predicted molar refractivity (Wildman–Crippen MR) is 108 cm³/mol. The summed E-state index contributed by atoms with van der Waals surface area (Å²) < 4.78 is 2.10. The number of rotatable bonds is 3. The first-order chi connectivity index (χ1) is 13.1. The molecular formula is C21H24N6. The van der Waals surface area contributed by atoms with Crippen molar-refractivity contribution in [1.29, 1.82) is 0 Å². The average molecular weight is 360 g/mol. The lowest BCUT2D eigenvalue weighted by Crippen LogP contribution is -2.43. The smallest absolute Gasteiger partial charge is 0.211 e. The van der Waals surface area contributed by atoms with E-state index in [1.54, 1.807) is 0 Å². The molecule has 0 aliphatic carbocycles. The van der Waals surface area contributed by atoms with Crippen LogP contribution < -0.4 is 4.90 Å². The molecule has 1 aliphatic rings. The molecule has 4 rings (SSSR count). The lowest BCUT2D eigenvalue weighted by atomic mass is 10.0. The third-order valence-corrected chi connectivity index (χ3v) is 5.51. The Hall–Kier alpha value is -2.91. The molecule has 1 aliphatic heterocycles. The Morgan fingerprint density at radius 1 is 1.15 bits per heavy atom. The predicted octanol–water partition coefficient (Wildman–Crippen LogP) is 3.79. The summed E-state index contributed by atoms with van der Waals surface area (Å²) >= 11 is 0. The first-order valence-electron chi connectivity index (χ1n) is 9.31. The summed E-state index contributed by atoms with van der Waals surface area (Å²) in [5, 5.41) is 0. The van der Waals surface area contributed by atoms with Crippen LogP contribution in [0.2, 0.25) is 0 Å². The minimum absolute atomic E-state index is 0.630. The second kappa shape index (κ2) is 7.01. The second-order valence-corrected chi connectivity index (χ2v) is 7.35. The molecule has 0 atom stereocenters. The standard InChI is InChI=1S/C21H24N6/c1-15-19(16-5-7-17(22-2)8-6-16)24-21(27-14-11-23-20(15)27)26-12-9-18(10-13-26)25(3)4/h5-8,11,14,18H,9-10,12-13H2,1,3-4H3. The number of fused-ring (bicyclic) bond motifs is 1. The number of nitrogens with zero attached hydrogens (tertiary/aromatic N) is 6. The Bertz CT molecular complexity index is 988. The van der Waals surface area contributed by atoms with Crippen LogP contribution in [0.3, 0.4) is 0 Å². The molecule has 0 N–H and O–H groups in total. The second-order valence-electron chi connectivity index (χ2n) is 7.35. The topological polar surface area (TPSA) is 41.0 Å². The van der Waals surface area contributed by atoms with E-state index in [1.165, 1.54) is 0 Å². The molecule has 0 bridgehead atoms. The van der Waals surface area contributed by atoms with Crippen LogP contribution in [0.4, 0.5) is 11.6 Å². The first-order valence-corrected chi connectivity index (χ1v) is 9.31. The van der Waals surface area contributed by atoms with Gasteiger partial charge in [-0.2, -0.15) is 0 Å². The van der Waals surface area contributed by atoms with Crippen molar-refractivity contribution in [2.24, 2.45) is 0 Å². The van der Waals surface area contributed by atoms with E-state index in [2.05, 4.69) is 45.0 Å². The highest BCUT2D eigenvalue weighted by Gasteiger charge is 2.24. The van der Waals surface area contributed by atoms with Crippen molar-refractivity contribution in [3.05, 3.63) is 53.6 Å². The van der Waals surface area contributed by atoms with Crippen molar-refractivity contribution in [3.63, 3.8) is 0 Å². The maximum Gasteiger partial charge on any atom is 0.211 e. The van der Waals surface area contributed by atoms with Gasteiger partial charge in [0.05, 0.1) is 12.3 Å². The molecule has 0 unspecified atom stereocenters. The highest BCUT2D eigenvalue weighted by atomic mass is 15.3. The van der Waals surface area contributed by atoms with Gasteiger partial charge in [-0.05, 0) is 39.4 Å². The maximum atomic E-state index is 7.15. The number of aryl methyl sites for hydroxylation is 1. The first kappa shape index (κ1) is 17.5. The number of benzene rings is 1. The molecule has 27 heavy (non-hydrogen) atoms. The van der Waals surface area contributed by atoms with Gasteiger partial charge in [-0.15, -0.1) is 0 Å². The van der Waals surface area contributed by atoms with Crippen molar-refractivity contribution in [2.45, 2.75) is 25.8 Å². The van der Waals surface area contributed by atoms with Gasteiger partial charge in [0.25, 0.3) is 0 Å². The van der Waals surface area contributed by atoms with Crippen molar-refractivity contribution >= 4 is 17.3 Å². The van der Waals surface area contributed by atoms with Gasteiger partial charge in [-0.3, -0.25) is 4.40 Å². The SMILES string of the molecule is [C-]#[N+]c1ccc(-c2nc(N3CCC(N(C)C)CC3)n3ccnc3c2C)cc1. The van der Waals surface area contributed by atoms with E-state index < -0.39 is 0 Å². The Morgan fingerprint density at radius 3 is 2.48 bits per heavy atom. The van der Waals surface area contributed by atoms with Gasteiger partial charge in [-0.25, -0.2) is 14.8 Å². The number of aromatic nitrogens is 3. The molecule has 1 aromatic carbocycles. The Labute approximate surface area is 159 Å². The van der Waals surface area contributed by atoms with Crippen LogP contribution in [0, 0.1) is 13.5 Å². The van der Waals surface area contributed by atoms with E-state index >= 15 is 0 Å². The van der Waals surface area contributed by atoms with Crippen LogP contribution >= 0.6 is 0 Å². The number of piperidine rings is 1. The zero-order valence-corrected chi connectivity index (χ0v) is 16.1. The van der Waals surface area contributed by atoms with E-state index in [-0.39, 0.29) is 0 Å². The Balaban J connectivity index is 1.76. The summed E-state index contributed by atoms with van der Waals surface area (Å²) in [4.78, 5) is 17.8. The van der Waals surface area contributed by atoms with Gasteiger partial charge in [0.2, 0.25) is 5.95 Å². The van der Waals surface area contributed by atoms with Crippen LogP contribution in [0.1, 0.15) is 18.4 Å². The van der Waals surface area contributed by atoms with E-state index in [0.29, 0.717) is 11.7 Å². The molecule has 138 valence electrons. The summed E-state index contributed by atoms with van der Waals surface area (Å²) in [5.74, 6) is 0.953. The molecule has 0 spiro atoms. The number of imidazole rings is 1. The third-order valence-electron chi connectivity index (χ3n) is 5.51. The largest absolute Gasteiger partial charge is 0.342 e. The summed E-state index contributed by atoms with van der Waals surface area (Å²) in [6, 6.07) is 8.28. The zero-order chi connectivity index (χ0) is 19.0. The van der Waals surface area contributed by atoms with Crippen molar-refractivity contribution < 1.29 is 0 Å². The molecule has 3 aromatic rings. The highest BCUT2D eigenvalue weighted by molar-refractivity contribution is 5.73. The van der Waals surface area contributed by atoms with Crippen LogP contribution in [0.15, 0.2) is 36.7 Å². The molecule has 1 saturated heterocycles. The van der Waals surface area contributed by atoms with Crippen molar-refractivity contribution in [2.75, 3.05) is 32.1 Å². The number of anilines is 1. The minimum atomic E-state index is 0.630. The summed E-state index contributed by atoms with van der Waals surface area (Å²) in [5.41, 5.74) is 4.61. The molecule has 0 radical (unpaired) electrons. The summed E-state index contributed by atoms with van der Waals surface area (Å²) in [6.07, 6.45) is 6.10. The summed E-state index contributed by atoms with van der Waals surface area (Å²) in [6.45, 7) is 11.2. The van der Waals surface area contributed by atoms with Crippen LogP contribution in [-0.4, -0.2) is 52.5 Å². The quantitative estimate of drug-likeness (QED) is 0.667. The van der Waals surface area contributed by atoms with Gasteiger partial charge < -0.3 is 9.80 Å². The molecule has 2 aromatic heterocycles. The molecular weight excluding hydrogens is 336 g/mol. The van der Waals surface area contributed by atoms with Gasteiger partial charge in [0.15, 0.2) is 5.69 Å². The highest BCUT2D eigenvalue weighted by Crippen LogP contribution is 2.30. The average Bonchev–Trinajstić information content (AvgIpc) is 3.19. The van der Waals surface area contributed by atoms with E-state index in [4.69, 9.17) is 11.6 Å². The normalized spacial score (nSPS) is 15.4. The summed E-state index contributed by atoms with van der Waals surface area (Å²) in [7, 11) is 4.31. The minimum Gasteiger partial charge on any atom is -0.342 e. The Kier molecular flexibility index (Phi) is 4.54. The fourth-order valence-electron chi connectivity index (χ4n) is 3.87. The Morgan fingerprint density at radius 2 is 1.85 bits per heavy atom. The number of hydrogen-bond donors (Lipinski definition) is 0. The van der Waals surface area contributed by atoms with Crippen molar-refractivity contribution in [1.82, 2.24) is 19.3 Å². The van der Waals surface area contributed by atoms with Gasteiger partial charge in [0, 0.05) is 37.1 Å². The van der Waals surface area contributed by atoms with Gasteiger partial charge in [0.1, 0.15) is 5.65 Å². The van der Waals surface area contributed by atoms with E-state index in [1.807, 2.05) is 36.7 Å². The zero-order valence-electron chi connectivity index (χ0n) is 16.1. The molecule has 6 heteroatoms. The van der Waals surface area contributed by atoms with Crippen LogP contribution in [0.5, 0.6) is 0 Å².